The largest absolute Gasteiger partial charge is 0.497 e. The van der Waals surface area contributed by atoms with Gasteiger partial charge >= 0.3 is 0 Å². The van der Waals surface area contributed by atoms with Crippen LogP contribution in [0.2, 0.25) is 0 Å². The van der Waals surface area contributed by atoms with Crippen LogP contribution in [0.5, 0.6) is 11.5 Å². The van der Waals surface area contributed by atoms with E-state index >= 15 is 0 Å². The van der Waals surface area contributed by atoms with Gasteiger partial charge in [-0.25, -0.2) is 4.68 Å². The van der Waals surface area contributed by atoms with Gasteiger partial charge in [-0.05, 0) is 77.9 Å². The summed E-state index contributed by atoms with van der Waals surface area (Å²) < 4.78 is 12.3. The molecule has 31 heavy (non-hydrogen) atoms. The molecule has 1 fully saturated rings. The van der Waals surface area contributed by atoms with Crippen LogP contribution in [-0.4, -0.2) is 58.3 Å². The smallest absolute Gasteiger partial charge is 0.253 e. The highest BCUT2D eigenvalue weighted by molar-refractivity contribution is 5.94. The summed E-state index contributed by atoms with van der Waals surface area (Å²) in [6, 6.07) is 13.4. The molecule has 0 radical (unpaired) electrons. The lowest BCUT2D eigenvalue weighted by Gasteiger charge is -2.32. The number of carbonyl (C=O) groups is 1. The Balaban J connectivity index is 1.32. The highest BCUT2D eigenvalue weighted by Gasteiger charge is 2.24. The molecule has 0 aliphatic carbocycles. The number of aryl methyl sites for hydroxylation is 1. The standard InChI is InChI=1S/C23H27N5O3/c1-30-21-12-18(13-22(15-21)31-2)7-6-17-8-10-27(11-9-17)23(29)19-4-3-5-20(14-19)28-16-24-25-26-28/h3-5,12-17H,6-11H2,1-2H3. The number of tetrazole rings is 1. The SMILES string of the molecule is COc1cc(CCC2CCN(C(=O)c3cccc(-n4cnnn4)c3)CC2)cc(OC)c1. The zero-order chi connectivity index (χ0) is 21.6. The van der Waals surface area contributed by atoms with Crippen molar-refractivity contribution < 1.29 is 14.3 Å². The van der Waals surface area contributed by atoms with Gasteiger partial charge in [0.15, 0.2) is 0 Å². The fourth-order valence-electron chi connectivity index (χ4n) is 4.05. The van der Waals surface area contributed by atoms with Crippen LogP contribution in [0.25, 0.3) is 5.69 Å². The molecule has 1 amide bonds. The van der Waals surface area contributed by atoms with Crippen molar-refractivity contribution in [2.45, 2.75) is 25.7 Å². The minimum Gasteiger partial charge on any atom is -0.497 e. The summed E-state index contributed by atoms with van der Waals surface area (Å²) in [6.07, 6.45) is 5.61. The lowest BCUT2D eigenvalue weighted by atomic mass is 9.90. The number of methoxy groups -OCH3 is 2. The van der Waals surface area contributed by atoms with Crippen molar-refractivity contribution in [1.82, 2.24) is 25.1 Å². The average Bonchev–Trinajstić information content (AvgIpc) is 3.37. The fourth-order valence-corrected chi connectivity index (χ4v) is 4.05. The molecule has 1 aromatic heterocycles. The maximum absolute atomic E-state index is 13.0. The van der Waals surface area contributed by atoms with E-state index in [0.717, 1.165) is 56.0 Å². The maximum Gasteiger partial charge on any atom is 0.253 e. The quantitative estimate of drug-likeness (QED) is 0.583. The topological polar surface area (TPSA) is 82.4 Å². The van der Waals surface area contributed by atoms with Crippen LogP contribution in [0.15, 0.2) is 48.8 Å². The van der Waals surface area contributed by atoms with E-state index in [4.69, 9.17) is 9.47 Å². The molecule has 0 N–H and O–H groups in total. The first kappa shape index (κ1) is 20.8. The molecular formula is C23H27N5O3. The third-order valence-corrected chi connectivity index (χ3v) is 5.86. The van der Waals surface area contributed by atoms with E-state index in [1.54, 1.807) is 18.9 Å². The van der Waals surface area contributed by atoms with Crippen LogP contribution in [0.1, 0.15) is 35.2 Å². The van der Waals surface area contributed by atoms with Crippen molar-refractivity contribution in [2.75, 3.05) is 27.3 Å². The van der Waals surface area contributed by atoms with Crippen LogP contribution in [0, 0.1) is 5.92 Å². The van der Waals surface area contributed by atoms with Crippen LogP contribution in [0.3, 0.4) is 0 Å². The van der Waals surface area contributed by atoms with E-state index in [0.29, 0.717) is 11.5 Å². The zero-order valence-corrected chi connectivity index (χ0v) is 17.9. The number of likely N-dealkylation sites (tertiary alicyclic amines) is 1. The predicted molar refractivity (Wildman–Crippen MR) is 116 cm³/mol. The van der Waals surface area contributed by atoms with Crippen molar-refractivity contribution in [3.63, 3.8) is 0 Å². The lowest BCUT2D eigenvalue weighted by Crippen LogP contribution is -2.38. The Hall–Kier alpha value is -3.42. The molecule has 3 aromatic rings. The third kappa shape index (κ3) is 5.02. The summed E-state index contributed by atoms with van der Waals surface area (Å²) in [4.78, 5) is 14.9. The molecule has 0 bridgehead atoms. The number of carbonyl (C=O) groups excluding carboxylic acids is 1. The molecule has 2 aromatic carbocycles. The summed E-state index contributed by atoms with van der Waals surface area (Å²) in [5, 5.41) is 11.2. The Kier molecular flexibility index (Phi) is 6.45. The number of hydrogen-bond donors (Lipinski definition) is 0. The highest BCUT2D eigenvalue weighted by atomic mass is 16.5. The van der Waals surface area contributed by atoms with E-state index in [2.05, 4.69) is 27.7 Å². The van der Waals surface area contributed by atoms with Crippen molar-refractivity contribution in [3.05, 3.63) is 59.9 Å². The summed E-state index contributed by atoms with van der Waals surface area (Å²) in [5.74, 6) is 2.30. The Bertz CT molecular complexity index is 992. The summed E-state index contributed by atoms with van der Waals surface area (Å²) in [6.45, 7) is 1.56. The summed E-state index contributed by atoms with van der Waals surface area (Å²) in [5.41, 5.74) is 2.66. The molecule has 0 saturated carbocycles. The summed E-state index contributed by atoms with van der Waals surface area (Å²) >= 11 is 0. The molecule has 2 heterocycles. The molecule has 1 aliphatic heterocycles. The lowest BCUT2D eigenvalue weighted by molar-refractivity contribution is 0.0687. The average molecular weight is 422 g/mol. The Morgan fingerprint density at radius 1 is 1.06 bits per heavy atom. The van der Waals surface area contributed by atoms with Gasteiger partial charge < -0.3 is 14.4 Å². The van der Waals surface area contributed by atoms with Gasteiger partial charge in [-0.2, -0.15) is 0 Å². The third-order valence-electron chi connectivity index (χ3n) is 5.86. The molecule has 0 atom stereocenters. The number of piperidine rings is 1. The Morgan fingerprint density at radius 3 is 2.45 bits per heavy atom. The minimum absolute atomic E-state index is 0.0610. The molecule has 8 heteroatoms. The first-order valence-electron chi connectivity index (χ1n) is 10.5. The van der Waals surface area contributed by atoms with Crippen molar-refractivity contribution >= 4 is 5.91 Å². The van der Waals surface area contributed by atoms with Gasteiger partial charge in [0.25, 0.3) is 5.91 Å². The maximum atomic E-state index is 13.0. The number of aromatic nitrogens is 4. The highest BCUT2D eigenvalue weighted by Crippen LogP contribution is 2.27. The van der Waals surface area contributed by atoms with Crippen molar-refractivity contribution in [1.29, 1.82) is 0 Å². The number of amides is 1. The molecule has 0 unspecified atom stereocenters. The van der Waals surface area contributed by atoms with E-state index in [1.807, 2.05) is 35.2 Å². The number of rotatable bonds is 7. The number of hydrogen-bond acceptors (Lipinski definition) is 6. The number of ether oxygens (including phenoxy) is 2. The second-order valence-corrected chi connectivity index (χ2v) is 7.80. The van der Waals surface area contributed by atoms with Gasteiger partial charge in [0, 0.05) is 24.7 Å². The van der Waals surface area contributed by atoms with Crippen molar-refractivity contribution in [2.24, 2.45) is 5.92 Å². The Labute approximate surface area is 181 Å². The van der Waals surface area contributed by atoms with Gasteiger partial charge in [-0.15, -0.1) is 5.10 Å². The molecular weight excluding hydrogens is 394 g/mol. The monoisotopic (exact) mass is 421 g/mol. The molecule has 8 nitrogen and oxygen atoms in total. The number of nitrogens with zero attached hydrogens (tertiary/aromatic N) is 5. The van der Waals surface area contributed by atoms with Gasteiger partial charge in [0.2, 0.25) is 0 Å². The number of benzene rings is 2. The van der Waals surface area contributed by atoms with Gasteiger partial charge in [0.05, 0.1) is 19.9 Å². The van der Waals surface area contributed by atoms with Crippen LogP contribution in [0.4, 0.5) is 0 Å². The fraction of sp³-hybridized carbons (Fsp3) is 0.391. The zero-order valence-electron chi connectivity index (χ0n) is 17.9. The van der Waals surface area contributed by atoms with E-state index < -0.39 is 0 Å². The van der Waals surface area contributed by atoms with Gasteiger partial charge in [0.1, 0.15) is 17.8 Å². The normalized spacial score (nSPS) is 14.5. The first-order valence-corrected chi connectivity index (χ1v) is 10.5. The Morgan fingerprint density at radius 2 is 1.81 bits per heavy atom. The first-order chi connectivity index (χ1) is 15.2. The molecule has 1 aliphatic rings. The second-order valence-electron chi connectivity index (χ2n) is 7.80. The van der Waals surface area contributed by atoms with Crippen molar-refractivity contribution in [3.8, 4) is 17.2 Å². The molecule has 1 saturated heterocycles. The van der Waals surface area contributed by atoms with Gasteiger partial charge in [-0.1, -0.05) is 6.07 Å². The van der Waals surface area contributed by atoms with Crippen LogP contribution >= 0.6 is 0 Å². The van der Waals surface area contributed by atoms with E-state index in [-0.39, 0.29) is 5.91 Å². The van der Waals surface area contributed by atoms with Gasteiger partial charge in [-0.3, -0.25) is 4.79 Å². The minimum atomic E-state index is 0.0610. The predicted octanol–water partition coefficient (Wildman–Crippen LogP) is 3.16. The second kappa shape index (κ2) is 9.59. The van der Waals surface area contributed by atoms with Crippen LogP contribution in [-0.2, 0) is 6.42 Å². The summed E-state index contributed by atoms with van der Waals surface area (Å²) in [7, 11) is 3.34. The molecule has 162 valence electrons. The molecule has 0 spiro atoms. The van der Waals surface area contributed by atoms with Crippen LogP contribution < -0.4 is 9.47 Å². The van der Waals surface area contributed by atoms with E-state index in [9.17, 15) is 4.79 Å². The molecule has 4 rings (SSSR count). The van der Waals surface area contributed by atoms with E-state index in [1.165, 1.54) is 11.9 Å².